The number of aliphatic imine (C=N–C) groups is 1. The molecular formula is C8H17N2O-. The Bertz CT molecular complexity index is 117. The minimum absolute atomic E-state index is 0.0892. The van der Waals surface area contributed by atoms with Crippen LogP contribution in [0.15, 0.2) is 4.99 Å². The van der Waals surface area contributed by atoms with E-state index in [-0.39, 0.29) is 6.02 Å². The lowest BCUT2D eigenvalue weighted by Gasteiger charge is -2.28. The zero-order valence-corrected chi connectivity index (χ0v) is 7.63. The lowest BCUT2D eigenvalue weighted by atomic mass is 10.4. The summed E-state index contributed by atoms with van der Waals surface area (Å²) in [6.45, 7) is 5.77. The molecule has 0 bridgehead atoms. The van der Waals surface area contributed by atoms with E-state index in [2.05, 4.69) is 18.8 Å². The normalized spacial score (nSPS) is 11.7. The fourth-order valence-corrected chi connectivity index (χ4v) is 0.984. The maximum Gasteiger partial charge on any atom is 0.0495 e. The molecule has 0 saturated carbocycles. The van der Waals surface area contributed by atoms with Crippen LogP contribution in [0.4, 0.5) is 0 Å². The quantitative estimate of drug-likeness (QED) is 0.439. The molecule has 0 fully saturated rings. The molecule has 0 spiro atoms. The van der Waals surface area contributed by atoms with Crippen LogP contribution in [0.5, 0.6) is 0 Å². The van der Waals surface area contributed by atoms with Gasteiger partial charge in [-0.2, -0.15) is 0 Å². The first-order valence-electron chi connectivity index (χ1n) is 4.15. The van der Waals surface area contributed by atoms with Gasteiger partial charge in [-0.3, -0.25) is 4.99 Å². The molecule has 66 valence electrons. The van der Waals surface area contributed by atoms with E-state index in [0.717, 1.165) is 25.9 Å². The van der Waals surface area contributed by atoms with Crippen molar-refractivity contribution in [1.82, 2.24) is 4.90 Å². The molecule has 0 aliphatic heterocycles. The number of nitrogens with zero attached hydrogens (tertiary/aromatic N) is 2. The van der Waals surface area contributed by atoms with Crippen molar-refractivity contribution in [3.63, 3.8) is 0 Å². The van der Waals surface area contributed by atoms with Gasteiger partial charge >= 0.3 is 0 Å². The van der Waals surface area contributed by atoms with Gasteiger partial charge in [0.05, 0.1) is 0 Å². The molecule has 0 aromatic heterocycles. The second kappa shape index (κ2) is 6.01. The van der Waals surface area contributed by atoms with Crippen molar-refractivity contribution in [3.05, 3.63) is 0 Å². The van der Waals surface area contributed by atoms with Gasteiger partial charge in [-0.15, -0.1) is 0 Å². The van der Waals surface area contributed by atoms with Crippen LogP contribution < -0.4 is 5.11 Å². The molecule has 0 aromatic rings. The van der Waals surface area contributed by atoms with Crippen LogP contribution in [-0.4, -0.2) is 31.1 Å². The Labute approximate surface area is 68.7 Å². The molecule has 0 aliphatic carbocycles. The summed E-state index contributed by atoms with van der Waals surface area (Å²) in [6, 6.07) is -0.0892. The van der Waals surface area contributed by atoms with E-state index in [1.54, 1.807) is 11.9 Å². The van der Waals surface area contributed by atoms with Crippen molar-refractivity contribution in [2.24, 2.45) is 4.99 Å². The van der Waals surface area contributed by atoms with Gasteiger partial charge < -0.3 is 10.0 Å². The van der Waals surface area contributed by atoms with Gasteiger partial charge in [0.2, 0.25) is 0 Å². The molecule has 0 amide bonds. The predicted octanol–water partition coefficient (Wildman–Crippen LogP) is 0.454. The van der Waals surface area contributed by atoms with Crippen LogP contribution in [0, 0.1) is 0 Å². The fourth-order valence-electron chi connectivity index (χ4n) is 0.984. The van der Waals surface area contributed by atoms with Crippen LogP contribution >= 0.6 is 0 Å². The van der Waals surface area contributed by atoms with E-state index >= 15 is 0 Å². The number of amidine groups is 1. The second-order valence-corrected chi connectivity index (χ2v) is 2.49. The molecular weight excluding hydrogens is 140 g/mol. The maximum absolute atomic E-state index is 11.1. The molecule has 3 heteroatoms. The SMILES string of the molecule is CCCN(CCC)C([O-])=NC. The number of hydrogen-bond donors (Lipinski definition) is 0. The van der Waals surface area contributed by atoms with Gasteiger partial charge in [-0.25, -0.2) is 0 Å². The topological polar surface area (TPSA) is 38.7 Å². The minimum Gasteiger partial charge on any atom is -0.846 e. The van der Waals surface area contributed by atoms with E-state index in [1.807, 2.05) is 0 Å². The Morgan fingerprint density at radius 2 is 1.73 bits per heavy atom. The average molecular weight is 157 g/mol. The van der Waals surface area contributed by atoms with E-state index < -0.39 is 0 Å². The largest absolute Gasteiger partial charge is 0.846 e. The second-order valence-electron chi connectivity index (χ2n) is 2.49. The zero-order chi connectivity index (χ0) is 8.69. The Kier molecular flexibility index (Phi) is 5.61. The minimum atomic E-state index is -0.0892. The van der Waals surface area contributed by atoms with Crippen LogP contribution in [0.3, 0.4) is 0 Å². The molecule has 0 rings (SSSR count). The standard InChI is InChI=1S/C8H18N2O/c1-4-6-10(7-5-2)8(11)9-3/h4-7H2,1-3H3,(H,9,11)/p-1. The van der Waals surface area contributed by atoms with E-state index in [4.69, 9.17) is 0 Å². The van der Waals surface area contributed by atoms with Crippen LogP contribution in [0.2, 0.25) is 0 Å². The van der Waals surface area contributed by atoms with Gasteiger partial charge in [-0.1, -0.05) is 13.8 Å². The van der Waals surface area contributed by atoms with E-state index in [1.165, 1.54) is 0 Å². The van der Waals surface area contributed by atoms with Gasteiger partial charge in [0.15, 0.2) is 0 Å². The summed E-state index contributed by atoms with van der Waals surface area (Å²) >= 11 is 0. The molecule has 0 atom stereocenters. The Morgan fingerprint density at radius 1 is 1.27 bits per heavy atom. The van der Waals surface area contributed by atoms with Crippen molar-refractivity contribution >= 4 is 6.02 Å². The summed E-state index contributed by atoms with van der Waals surface area (Å²) in [6.07, 6.45) is 2.00. The number of rotatable bonds is 4. The summed E-state index contributed by atoms with van der Waals surface area (Å²) in [5, 5.41) is 11.1. The van der Waals surface area contributed by atoms with Gasteiger partial charge in [0.1, 0.15) is 0 Å². The third-order valence-corrected chi connectivity index (χ3v) is 1.45. The lowest BCUT2D eigenvalue weighted by molar-refractivity contribution is -0.235. The first-order chi connectivity index (χ1) is 5.26. The molecule has 0 aliphatic rings. The van der Waals surface area contributed by atoms with Gasteiger partial charge in [-0.05, 0) is 12.8 Å². The third-order valence-electron chi connectivity index (χ3n) is 1.45. The molecule has 0 unspecified atom stereocenters. The van der Waals surface area contributed by atoms with Crippen molar-refractivity contribution in [2.45, 2.75) is 26.7 Å². The highest BCUT2D eigenvalue weighted by Gasteiger charge is 1.97. The molecule has 0 radical (unpaired) electrons. The summed E-state index contributed by atoms with van der Waals surface area (Å²) in [5.74, 6) is 0. The zero-order valence-electron chi connectivity index (χ0n) is 7.63. The highest BCUT2D eigenvalue weighted by molar-refractivity contribution is 5.68. The van der Waals surface area contributed by atoms with Gasteiger partial charge in [0.25, 0.3) is 0 Å². The Hall–Kier alpha value is -0.730. The summed E-state index contributed by atoms with van der Waals surface area (Å²) in [4.78, 5) is 5.39. The van der Waals surface area contributed by atoms with E-state index in [9.17, 15) is 5.11 Å². The maximum atomic E-state index is 11.1. The Balaban J connectivity index is 3.87. The smallest absolute Gasteiger partial charge is 0.0495 e. The highest BCUT2D eigenvalue weighted by atomic mass is 16.3. The molecule has 0 aromatic carbocycles. The highest BCUT2D eigenvalue weighted by Crippen LogP contribution is 1.92. The van der Waals surface area contributed by atoms with Gasteiger partial charge in [0, 0.05) is 26.2 Å². The fraction of sp³-hybridized carbons (Fsp3) is 0.875. The van der Waals surface area contributed by atoms with Crippen molar-refractivity contribution in [3.8, 4) is 0 Å². The van der Waals surface area contributed by atoms with Crippen molar-refractivity contribution < 1.29 is 5.11 Å². The van der Waals surface area contributed by atoms with Crippen LogP contribution in [0.25, 0.3) is 0 Å². The molecule has 0 saturated heterocycles. The number of hydrogen-bond acceptors (Lipinski definition) is 2. The summed E-state index contributed by atoms with van der Waals surface area (Å²) in [5.41, 5.74) is 0. The monoisotopic (exact) mass is 157 g/mol. The Morgan fingerprint density at radius 3 is 2.00 bits per heavy atom. The molecule has 3 nitrogen and oxygen atoms in total. The van der Waals surface area contributed by atoms with Crippen molar-refractivity contribution in [1.29, 1.82) is 0 Å². The molecule has 0 heterocycles. The summed E-state index contributed by atoms with van der Waals surface area (Å²) < 4.78 is 0. The third kappa shape index (κ3) is 3.86. The van der Waals surface area contributed by atoms with E-state index in [0.29, 0.717) is 0 Å². The molecule has 0 N–H and O–H groups in total. The lowest BCUT2D eigenvalue weighted by Crippen LogP contribution is -2.40. The van der Waals surface area contributed by atoms with Crippen molar-refractivity contribution in [2.75, 3.05) is 20.1 Å². The molecule has 11 heavy (non-hydrogen) atoms. The predicted molar refractivity (Wildman–Crippen MR) is 45.5 cm³/mol. The van der Waals surface area contributed by atoms with Crippen LogP contribution in [0.1, 0.15) is 26.7 Å². The first-order valence-corrected chi connectivity index (χ1v) is 4.15. The average Bonchev–Trinajstić information content (AvgIpc) is 2.03. The van der Waals surface area contributed by atoms with Crippen LogP contribution in [-0.2, 0) is 0 Å². The summed E-state index contributed by atoms with van der Waals surface area (Å²) in [7, 11) is 1.54. The first kappa shape index (κ1) is 10.3.